The third kappa shape index (κ3) is 9.41. The molecule has 2 aliphatic heterocycles. The molecule has 15 heteroatoms. The summed E-state index contributed by atoms with van der Waals surface area (Å²) in [7, 11) is -2.28. The molecule has 14 nitrogen and oxygen atoms in total. The number of Topliss-reactive ketones (excluding diaryl/α,β-unsaturated/α-hetero) is 1. The average Bonchev–Trinajstić information content (AvgIpc) is 4.03. The van der Waals surface area contributed by atoms with Crippen molar-refractivity contribution >= 4 is 44.6 Å². The number of ether oxygens (including phenoxy) is 4. The maximum absolute atomic E-state index is 14.6. The highest BCUT2D eigenvalue weighted by molar-refractivity contribution is 7.90. The number of carbonyl (C=O) groups is 4. The topological polar surface area (TPSA) is 180 Å². The zero-order valence-corrected chi connectivity index (χ0v) is 34.3. The number of rotatable bonds is 9. The number of ketones is 1. The maximum atomic E-state index is 14.6. The van der Waals surface area contributed by atoms with E-state index in [2.05, 4.69) is 10.0 Å². The van der Waals surface area contributed by atoms with Crippen LogP contribution in [0.1, 0.15) is 104 Å². The molecule has 1 aromatic carbocycles. The van der Waals surface area contributed by atoms with Gasteiger partial charge in [0, 0.05) is 29.9 Å². The van der Waals surface area contributed by atoms with Gasteiger partial charge in [-0.1, -0.05) is 25.0 Å². The molecule has 3 amide bonds. The molecule has 6 rings (SSSR count). The fraction of sp³-hybridized carbons (Fsp3) is 0.634. The number of benzene rings is 1. The number of alkyl carbamates (subject to hydrolysis) is 1. The zero-order chi connectivity index (χ0) is 40.6. The van der Waals surface area contributed by atoms with Crippen LogP contribution in [0, 0.1) is 18.3 Å². The molecule has 2 N–H and O–H groups in total. The first kappa shape index (κ1) is 41.2. The number of carbonyl (C=O) groups excluding carboxylic acids is 4. The van der Waals surface area contributed by atoms with Crippen LogP contribution in [0.3, 0.4) is 0 Å². The van der Waals surface area contributed by atoms with Crippen LogP contribution in [-0.4, -0.2) is 90.8 Å². The third-order valence-electron chi connectivity index (χ3n) is 10.9. The van der Waals surface area contributed by atoms with Crippen LogP contribution in [0.15, 0.2) is 30.4 Å². The number of nitrogens with zero attached hydrogens (tertiary/aromatic N) is 2. The molecule has 0 unspecified atom stereocenters. The number of allylic oxidation sites excluding steroid dienone is 2. The van der Waals surface area contributed by atoms with Gasteiger partial charge < -0.3 is 29.2 Å². The van der Waals surface area contributed by atoms with E-state index in [1.54, 1.807) is 33.9 Å². The summed E-state index contributed by atoms with van der Waals surface area (Å²) in [6.45, 7) is 10.9. The number of aryl methyl sites for hydroxylation is 1. The number of hydrogen-bond donors (Lipinski definition) is 2. The number of aromatic nitrogens is 1. The number of sulfonamides is 1. The van der Waals surface area contributed by atoms with Crippen LogP contribution >= 0.6 is 0 Å². The smallest absolute Gasteiger partial charge is 0.408 e. The van der Waals surface area contributed by atoms with Gasteiger partial charge >= 0.3 is 6.09 Å². The highest BCUT2D eigenvalue weighted by Crippen LogP contribution is 2.57. The second-order valence-electron chi connectivity index (χ2n) is 16.9. The minimum Gasteiger partial charge on any atom is -0.496 e. The van der Waals surface area contributed by atoms with E-state index in [0.29, 0.717) is 66.8 Å². The zero-order valence-electron chi connectivity index (χ0n) is 33.5. The molecule has 2 aromatic rings. The Morgan fingerprint density at radius 1 is 1.05 bits per heavy atom. The van der Waals surface area contributed by atoms with Gasteiger partial charge in [0.2, 0.25) is 27.7 Å². The maximum Gasteiger partial charge on any atom is 0.408 e. The molecule has 0 bridgehead atoms. The van der Waals surface area contributed by atoms with Crippen molar-refractivity contribution in [2.24, 2.45) is 11.3 Å². The van der Waals surface area contributed by atoms with Crippen molar-refractivity contribution in [1.82, 2.24) is 19.9 Å². The lowest BCUT2D eigenvalue weighted by atomic mass is 9.91. The molecule has 56 heavy (non-hydrogen) atoms. The largest absolute Gasteiger partial charge is 0.496 e. The minimum atomic E-state index is -3.86. The van der Waals surface area contributed by atoms with Gasteiger partial charge in [0.1, 0.15) is 29.2 Å². The molecule has 3 fully saturated rings. The molecular formula is C41H56N4O10S. The van der Waals surface area contributed by atoms with E-state index in [4.69, 9.17) is 23.9 Å². The van der Waals surface area contributed by atoms with Gasteiger partial charge in [-0.15, -0.1) is 0 Å². The summed E-state index contributed by atoms with van der Waals surface area (Å²) in [4.78, 5) is 62.3. The molecule has 306 valence electrons. The molecule has 4 aliphatic rings. The van der Waals surface area contributed by atoms with Gasteiger partial charge in [-0.05, 0) is 98.1 Å². The first-order valence-electron chi connectivity index (χ1n) is 19.8. The fourth-order valence-corrected chi connectivity index (χ4v) is 9.18. The van der Waals surface area contributed by atoms with Crippen LogP contribution in [0.25, 0.3) is 10.9 Å². The molecule has 3 heterocycles. The summed E-state index contributed by atoms with van der Waals surface area (Å²) in [6, 6.07) is 3.35. The Bertz CT molecular complexity index is 1990. The van der Waals surface area contributed by atoms with Crippen molar-refractivity contribution in [3.63, 3.8) is 0 Å². The van der Waals surface area contributed by atoms with E-state index in [0.717, 1.165) is 18.4 Å². The van der Waals surface area contributed by atoms with Crippen molar-refractivity contribution in [2.75, 3.05) is 13.7 Å². The van der Waals surface area contributed by atoms with Crippen molar-refractivity contribution in [1.29, 1.82) is 0 Å². The predicted octanol–water partition coefficient (Wildman–Crippen LogP) is 5.67. The van der Waals surface area contributed by atoms with Gasteiger partial charge in [0.25, 0.3) is 0 Å². The first-order chi connectivity index (χ1) is 26.4. The Labute approximate surface area is 329 Å². The Morgan fingerprint density at radius 3 is 2.48 bits per heavy atom. The van der Waals surface area contributed by atoms with E-state index >= 15 is 0 Å². The summed E-state index contributed by atoms with van der Waals surface area (Å²) >= 11 is 0. The normalized spacial score (nSPS) is 26.7. The number of methoxy groups -OCH3 is 1. The monoisotopic (exact) mass is 796 g/mol. The Balaban J connectivity index is 1.35. The molecule has 0 spiro atoms. The second kappa shape index (κ2) is 16.2. The van der Waals surface area contributed by atoms with Gasteiger partial charge in [0.15, 0.2) is 5.78 Å². The van der Waals surface area contributed by atoms with Crippen molar-refractivity contribution in [3.05, 3.63) is 35.9 Å². The SMILES string of the molecule is COc1ccc2c(O[C@@H]3C[C@H]4C(=O)C[C@]5(C(=O)NS(=O)(=O)C6CC6)C[C@H]5/C=C\CCCCC[C@H](NC(=O)OC(C)(C)C)C(=O)N4C3)cc(OC(C)C)nc2c1C. The van der Waals surface area contributed by atoms with Gasteiger partial charge in [-0.25, -0.2) is 18.2 Å². The molecule has 2 aliphatic carbocycles. The Kier molecular flexibility index (Phi) is 11.9. The summed E-state index contributed by atoms with van der Waals surface area (Å²) in [5, 5.41) is 2.85. The van der Waals surface area contributed by atoms with Gasteiger partial charge in [-0.2, -0.15) is 0 Å². The van der Waals surface area contributed by atoms with Crippen molar-refractivity contribution in [2.45, 2.75) is 141 Å². The molecule has 0 radical (unpaired) electrons. The van der Waals surface area contributed by atoms with Crippen LogP contribution in [0.5, 0.6) is 17.4 Å². The number of fused-ring (bicyclic) bond motifs is 3. The number of hydrogen-bond acceptors (Lipinski definition) is 11. The quantitative estimate of drug-likeness (QED) is 0.299. The first-order valence-corrected chi connectivity index (χ1v) is 21.3. The van der Waals surface area contributed by atoms with E-state index in [1.165, 1.54) is 4.90 Å². The summed E-state index contributed by atoms with van der Waals surface area (Å²) in [5.41, 5.74) is -0.676. The summed E-state index contributed by atoms with van der Waals surface area (Å²) < 4.78 is 51.9. The lowest BCUT2D eigenvalue weighted by Crippen LogP contribution is -2.53. The van der Waals surface area contributed by atoms with E-state index in [1.807, 2.05) is 45.1 Å². The van der Waals surface area contributed by atoms with Crippen LogP contribution in [0.4, 0.5) is 4.79 Å². The minimum absolute atomic E-state index is 0.0135. The molecular weight excluding hydrogens is 741 g/mol. The predicted molar refractivity (Wildman–Crippen MR) is 209 cm³/mol. The summed E-state index contributed by atoms with van der Waals surface area (Å²) in [5.74, 6) is -0.429. The second-order valence-corrected chi connectivity index (χ2v) is 18.9. The fourth-order valence-electron chi connectivity index (χ4n) is 7.80. The highest BCUT2D eigenvalue weighted by atomic mass is 32.2. The number of nitrogens with one attached hydrogen (secondary N) is 2. The Morgan fingerprint density at radius 2 is 1.80 bits per heavy atom. The number of amides is 3. The lowest BCUT2D eigenvalue weighted by molar-refractivity contribution is -0.140. The van der Waals surface area contributed by atoms with E-state index in [9.17, 15) is 27.6 Å². The average molecular weight is 797 g/mol. The van der Waals surface area contributed by atoms with Crippen LogP contribution < -0.4 is 24.2 Å². The molecule has 1 saturated heterocycles. The Hall–Kier alpha value is -4.40. The van der Waals surface area contributed by atoms with E-state index in [-0.39, 0.29) is 37.2 Å². The molecule has 5 atom stereocenters. The van der Waals surface area contributed by atoms with Crippen LogP contribution in [-0.2, 0) is 29.1 Å². The van der Waals surface area contributed by atoms with Crippen molar-refractivity contribution in [3.8, 4) is 17.4 Å². The highest BCUT2D eigenvalue weighted by Gasteiger charge is 2.61. The molecule has 1 aromatic heterocycles. The molecule has 2 saturated carbocycles. The van der Waals surface area contributed by atoms with Gasteiger partial charge in [0.05, 0.1) is 42.0 Å². The summed E-state index contributed by atoms with van der Waals surface area (Å²) in [6.07, 6.45) is 6.69. The van der Waals surface area contributed by atoms with Crippen LogP contribution in [0.2, 0.25) is 0 Å². The lowest BCUT2D eigenvalue weighted by Gasteiger charge is -2.30. The van der Waals surface area contributed by atoms with Crippen molar-refractivity contribution < 1.29 is 46.5 Å². The van der Waals surface area contributed by atoms with Gasteiger partial charge in [-0.3, -0.25) is 19.1 Å². The number of pyridine rings is 1. The third-order valence-corrected chi connectivity index (χ3v) is 12.7. The standard InChI is InChI=1S/C41H56N4O10S/c1-24(2)53-35-20-34(29-17-18-33(52-7)25(3)36(29)43-35)54-27-19-31-32(46)22-41(38(48)44-56(50,51)28-15-16-28)21-26(41)13-11-9-8-10-12-14-30(37(47)45(31)23-27)42-39(49)55-40(4,5)6/h11,13,17-18,20,24,26-28,30-31H,8-10,12,14-16,19,21-23H2,1-7H3,(H,42,49)(H,44,48)/b13-11-/t26-,27-,30+,31+,41-/m1/s1. The van der Waals surface area contributed by atoms with E-state index < -0.39 is 62.4 Å².